The summed E-state index contributed by atoms with van der Waals surface area (Å²) in [5, 5.41) is 5.09. The summed E-state index contributed by atoms with van der Waals surface area (Å²) in [7, 11) is 0. The van der Waals surface area contributed by atoms with Gasteiger partial charge in [-0.25, -0.2) is 0 Å². The summed E-state index contributed by atoms with van der Waals surface area (Å²) in [5.41, 5.74) is 5.85. The van der Waals surface area contributed by atoms with Crippen LogP contribution in [0.3, 0.4) is 0 Å². The van der Waals surface area contributed by atoms with E-state index in [4.69, 9.17) is 5.73 Å². The fourth-order valence-corrected chi connectivity index (χ4v) is 3.11. The Morgan fingerprint density at radius 3 is 2.78 bits per heavy atom. The molecule has 100 valence electrons. The number of carbonyl (C=O) groups excluding carboxylic acids is 1. The molecule has 1 aromatic heterocycles. The fourth-order valence-electron chi connectivity index (χ4n) is 2.26. The highest BCUT2D eigenvalue weighted by atomic mass is 32.1. The third kappa shape index (κ3) is 3.12. The first-order valence-corrected chi connectivity index (χ1v) is 7.39. The van der Waals surface area contributed by atoms with E-state index in [0.29, 0.717) is 13.0 Å². The van der Waals surface area contributed by atoms with E-state index in [-0.39, 0.29) is 16.9 Å². The zero-order valence-electron chi connectivity index (χ0n) is 11.2. The van der Waals surface area contributed by atoms with Crippen LogP contribution in [0.2, 0.25) is 0 Å². The number of nitrogens with one attached hydrogen (secondary N) is 1. The first-order chi connectivity index (χ1) is 8.41. The molecule has 0 atom stereocenters. The quantitative estimate of drug-likeness (QED) is 0.860. The van der Waals surface area contributed by atoms with Crippen LogP contribution >= 0.6 is 11.3 Å². The summed E-state index contributed by atoms with van der Waals surface area (Å²) in [5.74, 6) is 0.0850. The van der Waals surface area contributed by atoms with E-state index in [0.717, 1.165) is 19.3 Å². The van der Waals surface area contributed by atoms with Gasteiger partial charge in [-0.2, -0.15) is 0 Å². The molecule has 1 aliphatic carbocycles. The lowest BCUT2D eigenvalue weighted by Gasteiger charge is -2.37. The summed E-state index contributed by atoms with van der Waals surface area (Å²) in [6.45, 7) is 4.98. The number of hydrogen-bond acceptors (Lipinski definition) is 3. The van der Waals surface area contributed by atoms with Crippen LogP contribution in [0, 0.1) is 0 Å². The van der Waals surface area contributed by atoms with Gasteiger partial charge >= 0.3 is 0 Å². The van der Waals surface area contributed by atoms with E-state index in [9.17, 15) is 4.79 Å². The second-order valence-electron chi connectivity index (χ2n) is 6.03. The molecule has 0 spiro atoms. The minimum atomic E-state index is -0.225. The Kier molecular flexibility index (Phi) is 3.78. The van der Waals surface area contributed by atoms with Crippen molar-refractivity contribution in [3.63, 3.8) is 0 Å². The topological polar surface area (TPSA) is 55.1 Å². The van der Waals surface area contributed by atoms with E-state index >= 15 is 0 Å². The molecule has 4 heteroatoms. The Morgan fingerprint density at radius 1 is 1.56 bits per heavy atom. The van der Waals surface area contributed by atoms with Crippen LogP contribution < -0.4 is 11.1 Å². The normalized spacial score (nSPS) is 18.2. The Hall–Kier alpha value is -0.870. The molecule has 1 heterocycles. The van der Waals surface area contributed by atoms with Gasteiger partial charge in [-0.15, -0.1) is 11.3 Å². The van der Waals surface area contributed by atoms with Gasteiger partial charge in [0.05, 0.1) is 0 Å². The van der Waals surface area contributed by atoms with Crippen LogP contribution in [0.4, 0.5) is 0 Å². The van der Waals surface area contributed by atoms with Crippen molar-refractivity contribution < 1.29 is 4.79 Å². The van der Waals surface area contributed by atoms with Crippen LogP contribution in [0.25, 0.3) is 0 Å². The monoisotopic (exact) mass is 266 g/mol. The molecule has 1 amide bonds. The van der Waals surface area contributed by atoms with Crippen LogP contribution in [-0.4, -0.2) is 18.0 Å². The standard InChI is InChI=1S/C14H22N2OS/c1-13(2,11-5-3-8-18-11)10-16-12(17)9-14(15)6-4-7-14/h3,5,8H,4,6-7,9-10,15H2,1-2H3,(H,16,17). The number of rotatable bonds is 5. The van der Waals surface area contributed by atoms with Gasteiger partial charge in [-0.1, -0.05) is 19.9 Å². The van der Waals surface area contributed by atoms with Crippen molar-refractivity contribution in [2.24, 2.45) is 5.73 Å². The number of amides is 1. The Bertz CT molecular complexity index is 407. The molecule has 0 unspecified atom stereocenters. The molecule has 0 aromatic carbocycles. The maximum Gasteiger partial charge on any atom is 0.221 e. The lowest BCUT2D eigenvalue weighted by atomic mass is 9.75. The molecule has 1 fully saturated rings. The van der Waals surface area contributed by atoms with Crippen LogP contribution in [0.1, 0.15) is 44.4 Å². The van der Waals surface area contributed by atoms with Gasteiger partial charge in [-0.05, 0) is 30.7 Å². The van der Waals surface area contributed by atoms with E-state index in [1.165, 1.54) is 4.88 Å². The minimum Gasteiger partial charge on any atom is -0.355 e. The summed E-state index contributed by atoms with van der Waals surface area (Å²) >= 11 is 1.73. The van der Waals surface area contributed by atoms with E-state index < -0.39 is 0 Å². The molecule has 0 aliphatic heterocycles. The molecule has 0 radical (unpaired) electrons. The third-order valence-corrected chi connectivity index (χ3v) is 5.01. The molecule has 1 saturated carbocycles. The van der Waals surface area contributed by atoms with Crippen LogP contribution in [0.5, 0.6) is 0 Å². The van der Waals surface area contributed by atoms with Gasteiger partial charge in [0.25, 0.3) is 0 Å². The van der Waals surface area contributed by atoms with Gasteiger partial charge in [0.2, 0.25) is 5.91 Å². The fraction of sp³-hybridized carbons (Fsp3) is 0.643. The van der Waals surface area contributed by atoms with Crippen molar-refractivity contribution in [3.8, 4) is 0 Å². The Balaban J connectivity index is 1.82. The molecule has 2 rings (SSSR count). The summed E-state index contributed by atoms with van der Waals surface area (Å²) < 4.78 is 0. The van der Waals surface area contributed by atoms with Crippen molar-refractivity contribution >= 4 is 17.2 Å². The lowest BCUT2D eigenvalue weighted by Crippen LogP contribution is -2.50. The molecule has 0 bridgehead atoms. The second kappa shape index (κ2) is 5.02. The highest BCUT2D eigenvalue weighted by molar-refractivity contribution is 7.10. The predicted octanol–water partition coefficient (Wildman–Crippen LogP) is 2.41. The summed E-state index contributed by atoms with van der Waals surface area (Å²) in [6, 6.07) is 4.17. The first-order valence-electron chi connectivity index (χ1n) is 6.51. The number of thiophene rings is 1. The maximum atomic E-state index is 11.9. The number of carbonyl (C=O) groups is 1. The average Bonchev–Trinajstić information content (AvgIpc) is 2.78. The Morgan fingerprint density at radius 2 is 2.28 bits per heavy atom. The third-order valence-electron chi connectivity index (χ3n) is 3.78. The highest BCUT2D eigenvalue weighted by Crippen LogP contribution is 2.32. The molecule has 1 aromatic rings. The van der Waals surface area contributed by atoms with Gasteiger partial charge in [0.1, 0.15) is 0 Å². The van der Waals surface area contributed by atoms with Gasteiger partial charge in [0.15, 0.2) is 0 Å². The first kappa shape index (κ1) is 13.6. The molecule has 1 aliphatic rings. The average molecular weight is 266 g/mol. The molecular weight excluding hydrogens is 244 g/mol. The van der Waals surface area contributed by atoms with E-state index in [1.54, 1.807) is 11.3 Å². The zero-order chi connectivity index (χ0) is 13.2. The van der Waals surface area contributed by atoms with Crippen molar-refractivity contribution in [3.05, 3.63) is 22.4 Å². The van der Waals surface area contributed by atoms with Gasteiger partial charge < -0.3 is 11.1 Å². The lowest BCUT2D eigenvalue weighted by molar-refractivity contribution is -0.123. The number of nitrogens with two attached hydrogens (primary N) is 1. The predicted molar refractivity (Wildman–Crippen MR) is 75.7 cm³/mol. The molecule has 18 heavy (non-hydrogen) atoms. The Labute approximate surface area is 113 Å². The van der Waals surface area contributed by atoms with E-state index in [1.807, 2.05) is 6.07 Å². The molecule has 3 N–H and O–H groups in total. The maximum absolute atomic E-state index is 11.9. The molecular formula is C14H22N2OS. The molecule has 3 nitrogen and oxygen atoms in total. The minimum absolute atomic E-state index is 0.00873. The number of hydrogen-bond donors (Lipinski definition) is 2. The largest absolute Gasteiger partial charge is 0.355 e. The van der Waals surface area contributed by atoms with Crippen molar-refractivity contribution in [1.82, 2.24) is 5.32 Å². The SMILES string of the molecule is CC(C)(CNC(=O)CC1(N)CCC1)c1cccs1. The second-order valence-corrected chi connectivity index (χ2v) is 6.98. The van der Waals surface area contributed by atoms with Crippen molar-refractivity contribution in [1.29, 1.82) is 0 Å². The van der Waals surface area contributed by atoms with Gasteiger partial charge in [-0.3, -0.25) is 4.79 Å². The highest BCUT2D eigenvalue weighted by Gasteiger charge is 2.35. The van der Waals surface area contributed by atoms with Crippen molar-refractivity contribution in [2.45, 2.75) is 50.5 Å². The summed E-state index contributed by atoms with van der Waals surface area (Å²) in [6.07, 6.45) is 3.58. The van der Waals surface area contributed by atoms with E-state index in [2.05, 4.69) is 30.6 Å². The van der Waals surface area contributed by atoms with Gasteiger partial charge in [0, 0.05) is 28.8 Å². The summed E-state index contributed by atoms with van der Waals surface area (Å²) in [4.78, 5) is 13.2. The van der Waals surface area contributed by atoms with Crippen molar-refractivity contribution in [2.75, 3.05) is 6.54 Å². The van der Waals surface area contributed by atoms with Crippen LogP contribution in [0.15, 0.2) is 17.5 Å². The smallest absolute Gasteiger partial charge is 0.221 e. The zero-order valence-corrected chi connectivity index (χ0v) is 12.0. The van der Waals surface area contributed by atoms with Crippen LogP contribution in [-0.2, 0) is 10.2 Å². The molecule has 0 saturated heterocycles.